The molecule has 0 unspecified atom stereocenters. The summed E-state index contributed by atoms with van der Waals surface area (Å²) in [5, 5.41) is 25.7. The maximum absolute atomic E-state index is 11.3. The first-order chi connectivity index (χ1) is 15.5. The van der Waals surface area contributed by atoms with Gasteiger partial charge in [-0.15, -0.1) is 5.10 Å². The number of nitrogens with one attached hydrogen (secondary N) is 1. The van der Waals surface area contributed by atoms with Gasteiger partial charge >= 0.3 is 0 Å². The molecule has 0 spiro atoms. The Bertz CT molecular complexity index is 1330. The van der Waals surface area contributed by atoms with Gasteiger partial charge in [-0.2, -0.15) is 20.4 Å². The lowest BCUT2D eigenvalue weighted by Crippen LogP contribution is -2.63. The van der Waals surface area contributed by atoms with Crippen molar-refractivity contribution in [3.8, 4) is 6.07 Å². The molecule has 0 atom stereocenters. The summed E-state index contributed by atoms with van der Waals surface area (Å²) in [6.45, 7) is 5.06. The minimum Gasteiger partial charge on any atom is -0.363 e. The van der Waals surface area contributed by atoms with Crippen molar-refractivity contribution >= 4 is 28.8 Å². The zero-order chi connectivity index (χ0) is 22.3. The predicted octanol–water partition coefficient (Wildman–Crippen LogP) is 1.89. The molecular weight excluding hydrogens is 408 g/mol. The van der Waals surface area contributed by atoms with E-state index in [-0.39, 0.29) is 17.9 Å². The second kappa shape index (κ2) is 7.49. The fraction of sp³-hybridized carbons (Fsp3) is 0.333. The molecule has 5 heterocycles. The molecule has 0 aromatic carbocycles. The van der Waals surface area contributed by atoms with E-state index in [0.717, 1.165) is 11.3 Å². The average molecular weight is 430 g/mol. The van der Waals surface area contributed by atoms with Crippen LogP contribution in [0.4, 0.5) is 17.3 Å². The van der Waals surface area contributed by atoms with Gasteiger partial charge in [-0.3, -0.25) is 14.2 Å². The maximum atomic E-state index is 11.3. The van der Waals surface area contributed by atoms with E-state index >= 15 is 0 Å². The van der Waals surface area contributed by atoms with E-state index < -0.39 is 0 Å². The molecule has 0 radical (unpaired) electrons. The fourth-order valence-corrected chi connectivity index (χ4v) is 4.06. The number of hydrogen-bond acceptors (Lipinski definition) is 8. The fourth-order valence-electron chi connectivity index (χ4n) is 4.06. The Labute approximate surface area is 183 Å². The van der Waals surface area contributed by atoms with E-state index in [1.54, 1.807) is 21.6 Å². The van der Waals surface area contributed by atoms with E-state index in [9.17, 15) is 10.1 Å². The Morgan fingerprint density at radius 2 is 2.12 bits per heavy atom. The van der Waals surface area contributed by atoms with Crippen LogP contribution in [0.5, 0.6) is 0 Å². The van der Waals surface area contributed by atoms with Crippen molar-refractivity contribution in [2.75, 3.05) is 23.3 Å². The lowest BCUT2D eigenvalue weighted by atomic mass is 9.86. The summed E-state index contributed by atoms with van der Waals surface area (Å²) in [4.78, 5) is 18.1. The minimum absolute atomic E-state index is 0.0300. The van der Waals surface area contributed by atoms with Crippen molar-refractivity contribution < 1.29 is 4.79 Å². The average Bonchev–Trinajstić information content (AvgIpc) is 3.44. The number of ketones is 1. The number of carbonyl (C=O) groups is 1. The second-order valence-corrected chi connectivity index (χ2v) is 8.23. The summed E-state index contributed by atoms with van der Waals surface area (Å²) >= 11 is 0. The van der Waals surface area contributed by atoms with Crippen LogP contribution < -0.4 is 10.2 Å². The molecule has 1 aliphatic rings. The molecule has 0 bridgehead atoms. The lowest BCUT2D eigenvalue weighted by Gasteiger charge is -2.50. The molecule has 1 N–H and O–H groups in total. The van der Waals surface area contributed by atoms with Crippen molar-refractivity contribution in [2.24, 2.45) is 0 Å². The number of fused-ring (bicyclic) bond motifs is 1. The van der Waals surface area contributed by atoms with Gasteiger partial charge in [0.25, 0.3) is 0 Å². The first-order valence-electron chi connectivity index (χ1n) is 10.2. The molecule has 5 rings (SSSR count). The highest BCUT2D eigenvalue weighted by Gasteiger charge is 2.46. The van der Waals surface area contributed by atoms with Crippen LogP contribution in [0.3, 0.4) is 0 Å². The standard InChI is InChI=1S/C21H22N10O/c1-15-8-24-31(10-15)21(5-6-22)13-28(14-21)18-4-3-7-30-19(18)26-20(27-30)25-17-9-23-29(12-17)11-16(2)32/h3-4,7-10,12H,5,11,13-14H2,1-2H3,(H,25,27). The summed E-state index contributed by atoms with van der Waals surface area (Å²) in [5.41, 5.74) is 3.09. The lowest BCUT2D eigenvalue weighted by molar-refractivity contribution is -0.117. The summed E-state index contributed by atoms with van der Waals surface area (Å²) in [7, 11) is 0. The number of anilines is 3. The van der Waals surface area contributed by atoms with Gasteiger partial charge in [0.15, 0.2) is 11.4 Å². The van der Waals surface area contributed by atoms with Crippen molar-refractivity contribution in [2.45, 2.75) is 32.4 Å². The van der Waals surface area contributed by atoms with Crippen molar-refractivity contribution in [1.29, 1.82) is 5.26 Å². The molecule has 1 saturated heterocycles. The van der Waals surface area contributed by atoms with Gasteiger partial charge < -0.3 is 10.2 Å². The Balaban J connectivity index is 1.38. The first-order valence-corrected chi connectivity index (χ1v) is 10.2. The highest BCUT2D eigenvalue weighted by Crippen LogP contribution is 2.37. The Kier molecular flexibility index (Phi) is 4.62. The third kappa shape index (κ3) is 3.45. The number of aryl methyl sites for hydroxylation is 1. The normalized spacial score (nSPS) is 14.8. The number of nitrogens with zero attached hydrogens (tertiary/aromatic N) is 9. The van der Waals surface area contributed by atoms with Gasteiger partial charge in [0.05, 0.1) is 42.8 Å². The molecule has 4 aromatic rings. The smallest absolute Gasteiger partial charge is 0.247 e. The highest BCUT2D eigenvalue weighted by atomic mass is 16.1. The number of nitriles is 1. The monoisotopic (exact) mass is 430 g/mol. The van der Waals surface area contributed by atoms with Crippen LogP contribution in [0.2, 0.25) is 0 Å². The maximum Gasteiger partial charge on any atom is 0.247 e. The van der Waals surface area contributed by atoms with Crippen LogP contribution in [0.15, 0.2) is 43.1 Å². The summed E-state index contributed by atoms with van der Waals surface area (Å²) in [6.07, 6.45) is 9.41. The van der Waals surface area contributed by atoms with E-state index in [1.165, 1.54) is 6.92 Å². The van der Waals surface area contributed by atoms with Crippen LogP contribution in [-0.2, 0) is 16.9 Å². The van der Waals surface area contributed by atoms with Gasteiger partial charge in [-0.05, 0) is 31.5 Å². The number of Topliss-reactive ketones (excluding diaryl/α,β-unsaturated/α-hetero) is 1. The van der Waals surface area contributed by atoms with E-state index in [4.69, 9.17) is 0 Å². The van der Waals surface area contributed by atoms with Gasteiger partial charge in [-0.1, -0.05) is 0 Å². The number of hydrogen-bond donors (Lipinski definition) is 1. The quantitative estimate of drug-likeness (QED) is 0.472. The summed E-state index contributed by atoms with van der Waals surface area (Å²) < 4.78 is 5.20. The van der Waals surface area contributed by atoms with Crippen molar-refractivity contribution in [3.05, 3.63) is 48.7 Å². The van der Waals surface area contributed by atoms with E-state index in [0.29, 0.717) is 36.8 Å². The largest absolute Gasteiger partial charge is 0.363 e. The Morgan fingerprint density at radius 1 is 1.28 bits per heavy atom. The van der Waals surface area contributed by atoms with Crippen molar-refractivity contribution in [3.63, 3.8) is 0 Å². The van der Waals surface area contributed by atoms with E-state index in [1.807, 2.05) is 42.3 Å². The molecule has 4 aromatic heterocycles. The van der Waals surface area contributed by atoms with Crippen LogP contribution >= 0.6 is 0 Å². The van der Waals surface area contributed by atoms with Gasteiger partial charge in [-0.25, -0.2) is 4.52 Å². The van der Waals surface area contributed by atoms with E-state index in [2.05, 4.69) is 36.6 Å². The predicted molar refractivity (Wildman–Crippen MR) is 117 cm³/mol. The Hall–Kier alpha value is -4.20. The summed E-state index contributed by atoms with van der Waals surface area (Å²) in [5.74, 6) is 0.466. The third-order valence-corrected chi connectivity index (χ3v) is 5.53. The molecule has 11 nitrogen and oxygen atoms in total. The molecule has 0 amide bonds. The zero-order valence-corrected chi connectivity index (χ0v) is 17.8. The summed E-state index contributed by atoms with van der Waals surface area (Å²) in [6, 6.07) is 6.24. The second-order valence-electron chi connectivity index (χ2n) is 8.23. The van der Waals surface area contributed by atoms with Crippen LogP contribution in [0.1, 0.15) is 18.9 Å². The van der Waals surface area contributed by atoms with Crippen LogP contribution in [0.25, 0.3) is 5.65 Å². The number of pyridine rings is 1. The molecule has 1 fully saturated rings. The SMILES string of the molecule is CC(=O)Cn1cc(Nc2nc3c(N4CC(CC#N)(n5cc(C)cn5)C4)cccn3n2)cn1. The number of carbonyl (C=O) groups excluding carboxylic acids is 1. The Morgan fingerprint density at radius 3 is 2.84 bits per heavy atom. The zero-order valence-electron chi connectivity index (χ0n) is 17.8. The van der Waals surface area contributed by atoms with Crippen LogP contribution in [0, 0.1) is 18.3 Å². The highest BCUT2D eigenvalue weighted by molar-refractivity contribution is 5.75. The number of rotatable bonds is 7. The topological polar surface area (TPSA) is 122 Å². The van der Waals surface area contributed by atoms with Gasteiger partial charge in [0.2, 0.25) is 5.95 Å². The first kappa shape index (κ1) is 19.7. The molecule has 11 heteroatoms. The van der Waals surface area contributed by atoms with Crippen molar-refractivity contribution in [1.82, 2.24) is 34.2 Å². The molecule has 32 heavy (non-hydrogen) atoms. The molecule has 162 valence electrons. The van der Waals surface area contributed by atoms with Crippen LogP contribution in [-0.4, -0.2) is 53.0 Å². The van der Waals surface area contributed by atoms with Gasteiger partial charge in [0, 0.05) is 31.7 Å². The molecular formula is C21H22N10O. The third-order valence-electron chi connectivity index (χ3n) is 5.53. The number of aromatic nitrogens is 7. The minimum atomic E-state index is -0.345. The molecule has 0 saturated carbocycles. The molecule has 0 aliphatic carbocycles. The van der Waals surface area contributed by atoms with Gasteiger partial charge in [0.1, 0.15) is 5.54 Å². The molecule has 1 aliphatic heterocycles.